The number of rotatable bonds is 6. The highest BCUT2D eigenvalue weighted by molar-refractivity contribution is 7.89. The monoisotopic (exact) mass is 423 g/mol. The summed E-state index contributed by atoms with van der Waals surface area (Å²) in [7, 11) is -3.75. The first-order chi connectivity index (χ1) is 12.8. The molecule has 6 nitrogen and oxygen atoms in total. The molecule has 3 rings (SSSR count). The van der Waals surface area contributed by atoms with Crippen molar-refractivity contribution in [1.82, 2.24) is 10.0 Å². The van der Waals surface area contributed by atoms with Crippen molar-refractivity contribution in [3.63, 3.8) is 0 Å². The highest BCUT2D eigenvalue weighted by Crippen LogP contribution is 2.20. The minimum absolute atomic E-state index is 0. The molecule has 1 aliphatic heterocycles. The third-order valence-corrected chi connectivity index (χ3v) is 6.26. The number of nitrogens with two attached hydrogens (primary N) is 1. The van der Waals surface area contributed by atoms with E-state index < -0.39 is 16.1 Å². The molecule has 2 aromatic rings. The van der Waals surface area contributed by atoms with Crippen molar-refractivity contribution >= 4 is 28.3 Å². The summed E-state index contributed by atoms with van der Waals surface area (Å²) >= 11 is 0. The third kappa shape index (κ3) is 4.91. The molecule has 1 heterocycles. The van der Waals surface area contributed by atoms with Gasteiger partial charge in [0.2, 0.25) is 10.0 Å². The molecule has 1 amide bonds. The molecule has 0 radical (unpaired) electrons. The van der Waals surface area contributed by atoms with Crippen LogP contribution in [0.5, 0.6) is 0 Å². The van der Waals surface area contributed by atoms with Gasteiger partial charge >= 0.3 is 0 Å². The standard InChI is InChI=1S/C20H25N3O3S.ClH/c1-13(2)14-3-5-16(6-4-14)19(21)12-23-27(25,26)17-8-7-15-9-10-22-20(24)18(15)11-17;/h3-8,11,13,19,23H,9-10,12,21H2,1-2H3,(H,22,24);1H. The predicted molar refractivity (Wildman–Crippen MR) is 112 cm³/mol. The average molecular weight is 424 g/mol. The molecular formula is C20H26ClN3O3S. The molecule has 8 heteroatoms. The fourth-order valence-electron chi connectivity index (χ4n) is 3.09. The highest BCUT2D eigenvalue weighted by atomic mass is 35.5. The summed E-state index contributed by atoms with van der Waals surface area (Å²) in [5.41, 5.74) is 9.50. The highest BCUT2D eigenvalue weighted by Gasteiger charge is 2.22. The SMILES string of the molecule is CC(C)c1ccc(C(N)CNS(=O)(=O)c2ccc3c(c2)C(=O)NCC3)cc1.Cl. The Bertz CT molecular complexity index is 944. The third-order valence-electron chi connectivity index (χ3n) is 4.84. The number of sulfonamides is 1. The molecule has 28 heavy (non-hydrogen) atoms. The molecule has 0 aromatic heterocycles. The molecule has 2 aromatic carbocycles. The summed E-state index contributed by atoms with van der Waals surface area (Å²) in [6, 6.07) is 12.1. The van der Waals surface area contributed by atoms with Crippen molar-refractivity contribution in [3.8, 4) is 0 Å². The molecule has 0 spiro atoms. The smallest absolute Gasteiger partial charge is 0.251 e. The minimum atomic E-state index is -3.75. The topological polar surface area (TPSA) is 101 Å². The molecule has 0 fully saturated rings. The summed E-state index contributed by atoms with van der Waals surface area (Å²) in [6.45, 7) is 4.87. The Hall–Kier alpha value is -1.93. The zero-order chi connectivity index (χ0) is 19.6. The van der Waals surface area contributed by atoms with Crippen LogP contribution in [0.25, 0.3) is 0 Å². The van der Waals surface area contributed by atoms with Crippen LogP contribution in [0.15, 0.2) is 47.4 Å². The lowest BCUT2D eigenvalue weighted by molar-refractivity contribution is 0.0945. The van der Waals surface area contributed by atoms with Gasteiger partial charge in [0.25, 0.3) is 5.91 Å². The van der Waals surface area contributed by atoms with Crippen LogP contribution in [0.1, 0.15) is 52.9 Å². The van der Waals surface area contributed by atoms with Gasteiger partial charge < -0.3 is 11.1 Å². The van der Waals surface area contributed by atoms with Crippen molar-refractivity contribution < 1.29 is 13.2 Å². The molecule has 0 aliphatic carbocycles. The molecule has 152 valence electrons. The van der Waals surface area contributed by atoms with E-state index in [9.17, 15) is 13.2 Å². The molecule has 4 N–H and O–H groups in total. The first kappa shape index (κ1) is 22.4. The van der Waals surface area contributed by atoms with Crippen molar-refractivity contribution in [2.24, 2.45) is 5.73 Å². The fraction of sp³-hybridized carbons (Fsp3) is 0.350. The Morgan fingerprint density at radius 1 is 1.11 bits per heavy atom. The molecule has 0 saturated heterocycles. The van der Waals surface area contributed by atoms with Crippen LogP contribution in [0, 0.1) is 0 Å². The number of halogens is 1. The van der Waals surface area contributed by atoms with E-state index in [-0.39, 0.29) is 29.8 Å². The Kier molecular flexibility index (Phi) is 7.22. The van der Waals surface area contributed by atoms with Crippen molar-refractivity contribution in [2.45, 2.75) is 37.1 Å². The van der Waals surface area contributed by atoms with E-state index in [1.54, 1.807) is 6.07 Å². The van der Waals surface area contributed by atoms with Crippen LogP contribution < -0.4 is 15.8 Å². The summed E-state index contributed by atoms with van der Waals surface area (Å²) < 4.78 is 27.8. The van der Waals surface area contributed by atoms with Gasteiger partial charge in [-0.15, -0.1) is 12.4 Å². The Morgan fingerprint density at radius 2 is 1.75 bits per heavy atom. The predicted octanol–water partition coefficient (Wildman–Crippen LogP) is 2.50. The van der Waals surface area contributed by atoms with Gasteiger partial charge in [0.15, 0.2) is 0 Å². The number of carbonyl (C=O) groups is 1. The van der Waals surface area contributed by atoms with Gasteiger partial charge in [-0.05, 0) is 41.2 Å². The van der Waals surface area contributed by atoms with Gasteiger partial charge in [0.1, 0.15) is 0 Å². The van der Waals surface area contributed by atoms with E-state index in [0.29, 0.717) is 24.4 Å². The summed E-state index contributed by atoms with van der Waals surface area (Å²) in [5.74, 6) is 0.185. The molecular weight excluding hydrogens is 398 g/mol. The number of nitrogens with one attached hydrogen (secondary N) is 2. The number of hydrogen-bond acceptors (Lipinski definition) is 4. The summed E-state index contributed by atoms with van der Waals surface area (Å²) in [4.78, 5) is 12.0. The van der Waals surface area contributed by atoms with Crippen LogP contribution >= 0.6 is 12.4 Å². The first-order valence-electron chi connectivity index (χ1n) is 9.04. The quantitative estimate of drug-likeness (QED) is 0.664. The number of amides is 1. The number of benzene rings is 2. The number of hydrogen-bond donors (Lipinski definition) is 3. The van der Waals surface area contributed by atoms with E-state index in [1.807, 2.05) is 24.3 Å². The van der Waals surface area contributed by atoms with Gasteiger partial charge in [-0.3, -0.25) is 4.79 Å². The zero-order valence-corrected chi connectivity index (χ0v) is 17.6. The maximum Gasteiger partial charge on any atom is 0.251 e. The van der Waals surface area contributed by atoms with Gasteiger partial charge in [-0.25, -0.2) is 13.1 Å². The molecule has 0 bridgehead atoms. The normalized spacial score (nSPS) is 14.8. The Morgan fingerprint density at radius 3 is 2.39 bits per heavy atom. The van der Waals surface area contributed by atoms with Crippen molar-refractivity contribution in [2.75, 3.05) is 13.1 Å². The molecule has 0 saturated carbocycles. The van der Waals surface area contributed by atoms with E-state index >= 15 is 0 Å². The second-order valence-corrected chi connectivity index (χ2v) is 8.87. The maximum absolute atomic E-state index is 12.6. The fourth-order valence-corrected chi connectivity index (χ4v) is 4.17. The lowest BCUT2D eigenvalue weighted by atomic mass is 9.99. The van der Waals surface area contributed by atoms with Crippen LogP contribution in [0.3, 0.4) is 0 Å². The van der Waals surface area contributed by atoms with Crippen LogP contribution in [0.2, 0.25) is 0 Å². The van der Waals surface area contributed by atoms with E-state index in [2.05, 4.69) is 23.9 Å². The zero-order valence-electron chi connectivity index (χ0n) is 15.9. The lowest BCUT2D eigenvalue weighted by Gasteiger charge is -2.18. The second-order valence-electron chi connectivity index (χ2n) is 7.10. The van der Waals surface area contributed by atoms with Gasteiger partial charge in [0, 0.05) is 24.7 Å². The molecule has 1 unspecified atom stereocenters. The van der Waals surface area contributed by atoms with E-state index in [4.69, 9.17) is 5.73 Å². The van der Waals surface area contributed by atoms with Gasteiger partial charge in [-0.1, -0.05) is 44.2 Å². The average Bonchev–Trinajstić information content (AvgIpc) is 2.66. The minimum Gasteiger partial charge on any atom is -0.352 e. The van der Waals surface area contributed by atoms with Crippen molar-refractivity contribution in [1.29, 1.82) is 0 Å². The largest absolute Gasteiger partial charge is 0.352 e. The molecule has 1 aliphatic rings. The van der Waals surface area contributed by atoms with E-state index in [0.717, 1.165) is 11.1 Å². The second kappa shape index (κ2) is 9.05. The van der Waals surface area contributed by atoms with Crippen LogP contribution in [0.4, 0.5) is 0 Å². The first-order valence-corrected chi connectivity index (χ1v) is 10.5. The van der Waals surface area contributed by atoms with Gasteiger partial charge in [-0.2, -0.15) is 0 Å². The van der Waals surface area contributed by atoms with E-state index in [1.165, 1.54) is 17.7 Å². The Labute approximate surface area is 172 Å². The summed E-state index contributed by atoms with van der Waals surface area (Å²) in [6.07, 6.45) is 0.700. The lowest BCUT2D eigenvalue weighted by Crippen LogP contribution is -2.34. The molecule has 1 atom stereocenters. The number of carbonyl (C=O) groups excluding carboxylic acids is 1. The van der Waals surface area contributed by atoms with Crippen molar-refractivity contribution in [3.05, 3.63) is 64.7 Å². The summed E-state index contributed by atoms with van der Waals surface area (Å²) in [5, 5.41) is 2.73. The van der Waals surface area contributed by atoms with Crippen LogP contribution in [-0.4, -0.2) is 27.4 Å². The van der Waals surface area contributed by atoms with Gasteiger partial charge in [0.05, 0.1) is 4.90 Å². The number of fused-ring (bicyclic) bond motifs is 1. The maximum atomic E-state index is 12.6. The van der Waals surface area contributed by atoms with Crippen LogP contribution in [-0.2, 0) is 16.4 Å². The Balaban J connectivity index is 0.00000280.